The lowest BCUT2D eigenvalue weighted by Gasteiger charge is -2.29. The molecule has 0 radical (unpaired) electrons. The fourth-order valence-corrected chi connectivity index (χ4v) is 3.56. The number of hydrogen-bond acceptors (Lipinski definition) is 3. The van der Waals surface area contributed by atoms with E-state index in [0.717, 1.165) is 41.7 Å². The summed E-state index contributed by atoms with van der Waals surface area (Å²) in [5, 5.41) is 0.765. The summed E-state index contributed by atoms with van der Waals surface area (Å²) in [5.74, 6) is 1.47. The van der Waals surface area contributed by atoms with Gasteiger partial charge in [-0.15, -0.1) is 0 Å². The third kappa shape index (κ3) is 3.46. The molecule has 100 valence electrons. The standard InChI is InChI=1S/C13H19ClN2OS/c1-10(15)8-11-2-3-13(12(14)9-11)16-4-6-18(17)7-5-16/h2-3,9-10H,4-8,15H2,1H3. The van der Waals surface area contributed by atoms with E-state index in [1.807, 2.05) is 19.1 Å². The Labute approximate surface area is 116 Å². The van der Waals surface area contributed by atoms with Gasteiger partial charge in [-0.2, -0.15) is 0 Å². The van der Waals surface area contributed by atoms with Crippen molar-refractivity contribution in [2.75, 3.05) is 29.5 Å². The van der Waals surface area contributed by atoms with Gasteiger partial charge in [-0.25, -0.2) is 0 Å². The monoisotopic (exact) mass is 286 g/mol. The van der Waals surface area contributed by atoms with E-state index < -0.39 is 10.8 Å². The maximum atomic E-state index is 11.3. The maximum absolute atomic E-state index is 11.3. The molecule has 0 spiro atoms. The highest BCUT2D eigenvalue weighted by Crippen LogP contribution is 2.28. The third-order valence-corrected chi connectivity index (χ3v) is 4.67. The molecule has 1 heterocycles. The van der Waals surface area contributed by atoms with Crippen LogP contribution in [0.5, 0.6) is 0 Å². The molecule has 2 N–H and O–H groups in total. The molecule has 0 bridgehead atoms. The Morgan fingerprint density at radius 3 is 2.67 bits per heavy atom. The highest BCUT2D eigenvalue weighted by Gasteiger charge is 2.17. The first-order chi connectivity index (χ1) is 8.56. The number of nitrogens with zero attached hydrogens (tertiary/aromatic N) is 1. The Hall–Kier alpha value is -0.580. The topological polar surface area (TPSA) is 46.3 Å². The van der Waals surface area contributed by atoms with Gasteiger partial charge in [0.15, 0.2) is 0 Å². The minimum absolute atomic E-state index is 0.143. The van der Waals surface area contributed by atoms with Crippen LogP contribution in [0.3, 0.4) is 0 Å². The van der Waals surface area contributed by atoms with E-state index in [0.29, 0.717) is 0 Å². The van der Waals surface area contributed by atoms with Gasteiger partial charge in [-0.3, -0.25) is 4.21 Å². The Morgan fingerprint density at radius 2 is 2.11 bits per heavy atom. The van der Waals surface area contributed by atoms with E-state index in [1.54, 1.807) is 0 Å². The van der Waals surface area contributed by atoms with Crippen molar-refractivity contribution >= 4 is 28.1 Å². The molecule has 3 nitrogen and oxygen atoms in total. The summed E-state index contributed by atoms with van der Waals surface area (Å²) in [6.07, 6.45) is 0.837. The van der Waals surface area contributed by atoms with Crippen molar-refractivity contribution in [2.45, 2.75) is 19.4 Å². The lowest BCUT2D eigenvalue weighted by atomic mass is 10.1. The largest absolute Gasteiger partial charge is 0.368 e. The van der Waals surface area contributed by atoms with Crippen molar-refractivity contribution in [3.63, 3.8) is 0 Å². The minimum Gasteiger partial charge on any atom is -0.368 e. The van der Waals surface area contributed by atoms with Gasteiger partial charge in [-0.05, 0) is 31.0 Å². The number of halogens is 1. The molecule has 0 amide bonds. The Balaban J connectivity index is 2.12. The van der Waals surface area contributed by atoms with Crippen molar-refractivity contribution in [3.8, 4) is 0 Å². The maximum Gasteiger partial charge on any atom is 0.0642 e. The van der Waals surface area contributed by atoms with Crippen LogP contribution in [-0.2, 0) is 17.2 Å². The van der Waals surface area contributed by atoms with Crippen LogP contribution in [0.15, 0.2) is 18.2 Å². The molecule has 1 aliphatic heterocycles. The molecule has 1 fully saturated rings. The molecule has 18 heavy (non-hydrogen) atoms. The summed E-state index contributed by atoms with van der Waals surface area (Å²) >= 11 is 6.32. The Kier molecular flexibility index (Phi) is 4.65. The highest BCUT2D eigenvalue weighted by molar-refractivity contribution is 7.85. The van der Waals surface area contributed by atoms with E-state index in [4.69, 9.17) is 17.3 Å². The van der Waals surface area contributed by atoms with Gasteiger partial charge < -0.3 is 10.6 Å². The van der Waals surface area contributed by atoms with Crippen molar-refractivity contribution < 1.29 is 4.21 Å². The molecular formula is C13H19ClN2OS. The first-order valence-corrected chi connectivity index (χ1v) is 8.07. The van der Waals surface area contributed by atoms with Crippen LogP contribution in [0.25, 0.3) is 0 Å². The predicted molar refractivity (Wildman–Crippen MR) is 78.9 cm³/mol. The van der Waals surface area contributed by atoms with Gasteiger partial charge in [-0.1, -0.05) is 17.7 Å². The van der Waals surface area contributed by atoms with Crippen LogP contribution in [-0.4, -0.2) is 34.8 Å². The second-order valence-electron chi connectivity index (χ2n) is 4.80. The fraction of sp³-hybridized carbons (Fsp3) is 0.538. The molecule has 1 unspecified atom stereocenters. The predicted octanol–water partition coefficient (Wildman–Crippen LogP) is 1.80. The summed E-state index contributed by atoms with van der Waals surface area (Å²) in [7, 11) is -0.655. The lowest BCUT2D eigenvalue weighted by Crippen LogP contribution is -2.37. The van der Waals surface area contributed by atoms with Crippen LogP contribution >= 0.6 is 11.6 Å². The second kappa shape index (κ2) is 6.04. The van der Waals surface area contributed by atoms with Crippen molar-refractivity contribution in [2.24, 2.45) is 5.73 Å². The van der Waals surface area contributed by atoms with E-state index in [-0.39, 0.29) is 6.04 Å². The summed E-state index contributed by atoms with van der Waals surface area (Å²) < 4.78 is 11.3. The van der Waals surface area contributed by atoms with Crippen molar-refractivity contribution in [1.29, 1.82) is 0 Å². The summed E-state index contributed by atoms with van der Waals surface area (Å²) in [4.78, 5) is 2.21. The zero-order valence-electron chi connectivity index (χ0n) is 10.6. The number of anilines is 1. The van der Waals surface area contributed by atoms with Gasteiger partial charge in [0.05, 0.1) is 10.7 Å². The number of rotatable bonds is 3. The average Bonchev–Trinajstić information content (AvgIpc) is 2.30. The first kappa shape index (κ1) is 13.8. The van der Waals surface area contributed by atoms with E-state index in [9.17, 15) is 4.21 Å². The minimum atomic E-state index is -0.655. The van der Waals surface area contributed by atoms with Gasteiger partial charge in [0.25, 0.3) is 0 Å². The van der Waals surface area contributed by atoms with E-state index >= 15 is 0 Å². The van der Waals surface area contributed by atoms with Gasteiger partial charge in [0.1, 0.15) is 0 Å². The molecule has 5 heteroatoms. The average molecular weight is 287 g/mol. The number of benzene rings is 1. The van der Waals surface area contributed by atoms with Crippen molar-refractivity contribution in [3.05, 3.63) is 28.8 Å². The van der Waals surface area contributed by atoms with Crippen LogP contribution in [0.4, 0.5) is 5.69 Å². The third-order valence-electron chi connectivity index (χ3n) is 3.09. The van der Waals surface area contributed by atoms with Crippen LogP contribution in [0.1, 0.15) is 12.5 Å². The quantitative estimate of drug-likeness (QED) is 0.922. The highest BCUT2D eigenvalue weighted by atomic mass is 35.5. The van der Waals surface area contributed by atoms with Gasteiger partial charge >= 0.3 is 0 Å². The molecule has 1 aromatic rings. The SMILES string of the molecule is CC(N)Cc1ccc(N2CCS(=O)CC2)c(Cl)c1. The Morgan fingerprint density at radius 1 is 1.44 bits per heavy atom. The molecule has 0 aromatic heterocycles. The molecule has 0 aliphatic carbocycles. The van der Waals surface area contributed by atoms with Crippen molar-refractivity contribution in [1.82, 2.24) is 0 Å². The smallest absolute Gasteiger partial charge is 0.0642 e. The van der Waals surface area contributed by atoms with Crippen LogP contribution in [0.2, 0.25) is 5.02 Å². The molecule has 1 aromatic carbocycles. The summed E-state index contributed by atoms with van der Waals surface area (Å²) in [6, 6.07) is 6.26. The molecular weight excluding hydrogens is 268 g/mol. The lowest BCUT2D eigenvalue weighted by molar-refractivity contribution is 0.673. The fourth-order valence-electron chi connectivity index (χ4n) is 2.18. The molecule has 0 saturated carbocycles. The second-order valence-corrected chi connectivity index (χ2v) is 6.91. The molecule has 2 rings (SSSR count). The first-order valence-electron chi connectivity index (χ1n) is 6.20. The van der Waals surface area contributed by atoms with Crippen LogP contribution in [0, 0.1) is 0 Å². The summed E-state index contributed by atoms with van der Waals surface area (Å²) in [6.45, 7) is 3.62. The number of hydrogen-bond donors (Lipinski definition) is 1. The molecule has 1 atom stereocenters. The normalized spacial score (nSPS) is 18.9. The van der Waals surface area contributed by atoms with E-state index in [2.05, 4.69) is 11.0 Å². The zero-order valence-corrected chi connectivity index (χ0v) is 12.1. The number of nitrogens with two attached hydrogens (primary N) is 1. The van der Waals surface area contributed by atoms with Gasteiger partial charge in [0, 0.05) is 41.4 Å². The molecule has 1 aliphatic rings. The molecule has 1 saturated heterocycles. The summed E-state index contributed by atoms with van der Waals surface area (Å²) in [5.41, 5.74) is 7.99. The van der Waals surface area contributed by atoms with Gasteiger partial charge in [0.2, 0.25) is 0 Å². The Bertz CT molecular complexity index is 441. The van der Waals surface area contributed by atoms with E-state index in [1.165, 1.54) is 5.56 Å². The zero-order chi connectivity index (χ0) is 13.1. The van der Waals surface area contributed by atoms with Crippen LogP contribution < -0.4 is 10.6 Å².